The molecule has 8 aliphatic carbocycles. The third kappa shape index (κ3) is 9.63. The highest BCUT2D eigenvalue weighted by atomic mass is 33.1. The number of hydrogen-bond donors (Lipinski definition) is 12. The predicted octanol–water partition coefficient (Wildman–Crippen LogP) is 5.71. The maximum Gasteiger partial charge on any atom is 0.313 e. The number of aromatic hydroxyl groups is 1. The highest BCUT2D eigenvalue weighted by Crippen LogP contribution is 2.74. The fourth-order valence-corrected chi connectivity index (χ4v) is 23.0. The Hall–Kier alpha value is -4.36. The Balaban J connectivity index is 1.05. The Morgan fingerprint density at radius 3 is 2.44 bits per heavy atom. The minimum atomic E-state index is -2.09. The molecule has 4 bridgehead atoms. The van der Waals surface area contributed by atoms with E-state index >= 15 is 4.79 Å². The topological polar surface area (TPSA) is 314 Å². The van der Waals surface area contributed by atoms with E-state index in [1.807, 2.05) is 19.2 Å². The number of esters is 1. The number of aliphatic imine (C=N–C) groups is 1. The van der Waals surface area contributed by atoms with E-state index in [0.717, 1.165) is 30.4 Å². The number of benzene rings is 1. The van der Waals surface area contributed by atoms with Gasteiger partial charge in [-0.1, -0.05) is 65.1 Å². The number of allylic oxidation sites excluding steroid dienone is 3. The molecule has 14 N–H and O–H groups in total. The predicted molar refractivity (Wildman–Crippen MR) is 319 cm³/mol. The minimum Gasteiger partial charge on any atom is -0.508 e. The second-order valence-corrected chi connectivity index (χ2v) is 30.7. The standard InChI is InChI=1S/C65H87N5O12S2/c1-34-7-8-36-11-14-46-43(57(76)77)27-64(80)19-18-62(46,48(36)23-34)25-37(44-31-82-58(78)50(44)39-16-21-68-29-39)5-4-6-38-26-65(81)52-47(15-17-63(65,20-22-69-59(66)67)56(38)61(64,3)79)60(2)28-49(73)54(74)45-33-84-83-32-40(35-9-12-41(71)13-10-35)24-42(72)30-70-53(52)55(75)51(45)60/h9-13,16,21,29,34,37-38,40,43-51,54,56-57,68,70-71,73-74,76-77,79-81H,6-8,14-15,17-20,22-28,30-33H2,1-3H3,(H4,66,67,69). The van der Waals surface area contributed by atoms with Crippen molar-refractivity contribution in [2.75, 3.05) is 31.2 Å². The molecule has 0 amide bonds. The van der Waals surface area contributed by atoms with Gasteiger partial charge < -0.3 is 67.4 Å². The number of Topliss-reactive ketones (excluding diaryl/α,β-unsaturated/α-hetero) is 2. The van der Waals surface area contributed by atoms with Crippen LogP contribution in [0.15, 0.2) is 70.6 Å². The zero-order valence-electron chi connectivity index (χ0n) is 48.6. The van der Waals surface area contributed by atoms with E-state index in [1.54, 1.807) is 48.2 Å². The number of aliphatic hydroxyl groups is 7. The van der Waals surface area contributed by atoms with Crippen LogP contribution in [0.25, 0.3) is 0 Å². The van der Waals surface area contributed by atoms with E-state index < -0.39 is 98.9 Å². The lowest BCUT2D eigenvalue weighted by Gasteiger charge is -2.64. The Kier molecular flexibility index (Phi) is 15.9. The van der Waals surface area contributed by atoms with E-state index in [4.69, 9.17) is 16.2 Å². The summed E-state index contributed by atoms with van der Waals surface area (Å²) in [5.74, 6) is 0.847. The van der Waals surface area contributed by atoms with Crippen molar-refractivity contribution in [3.05, 3.63) is 76.8 Å². The smallest absolute Gasteiger partial charge is 0.313 e. The third-order valence-corrected chi connectivity index (χ3v) is 26.6. The molecular weight excluding hydrogens is 1110 g/mol. The number of aromatic nitrogens is 1. The van der Waals surface area contributed by atoms with Crippen LogP contribution in [0.5, 0.6) is 5.75 Å². The van der Waals surface area contributed by atoms with Crippen molar-refractivity contribution in [2.24, 2.45) is 97.8 Å². The summed E-state index contributed by atoms with van der Waals surface area (Å²) in [5.41, 5.74) is 6.49. The molecule has 3 heterocycles. The van der Waals surface area contributed by atoms with Gasteiger partial charge in [-0.05, 0) is 166 Å². The lowest BCUT2D eigenvalue weighted by atomic mass is 9.42. The molecule has 2 saturated heterocycles. The van der Waals surface area contributed by atoms with Gasteiger partial charge in [-0.15, -0.1) is 5.92 Å². The summed E-state index contributed by atoms with van der Waals surface area (Å²) in [5, 5.41) is 105. The van der Waals surface area contributed by atoms with Gasteiger partial charge >= 0.3 is 5.97 Å². The van der Waals surface area contributed by atoms with Gasteiger partial charge in [0.2, 0.25) is 0 Å². The maximum absolute atomic E-state index is 16.1. The minimum absolute atomic E-state index is 0.00209. The summed E-state index contributed by atoms with van der Waals surface area (Å²) in [6, 6.07) is 8.69. The summed E-state index contributed by atoms with van der Waals surface area (Å²) in [6.07, 6.45) is 6.58. The van der Waals surface area contributed by atoms with Gasteiger partial charge in [0, 0.05) is 90.1 Å². The van der Waals surface area contributed by atoms with Crippen LogP contribution in [0.2, 0.25) is 0 Å². The number of H-pyrrole nitrogens is 1. The Bertz CT molecular complexity index is 3030. The molecule has 84 heavy (non-hydrogen) atoms. The van der Waals surface area contributed by atoms with Gasteiger partial charge in [-0.3, -0.25) is 19.4 Å². The number of phenolic OH excluding ortho intramolecular Hbond substituents is 1. The van der Waals surface area contributed by atoms with Crippen LogP contribution in [-0.4, -0.2) is 136 Å². The molecule has 21 atom stereocenters. The number of hydrogen-bond acceptors (Lipinski definition) is 16. The lowest BCUT2D eigenvalue weighted by Crippen LogP contribution is -2.68. The molecule has 2 aliphatic heterocycles. The highest BCUT2D eigenvalue weighted by molar-refractivity contribution is 8.76. The number of rotatable bonds is 7. The number of ketones is 2. The first-order valence-corrected chi connectivity index (χ1v) is 33.4. The SMILES string of the molecule is CC1CCC2=CCC3C(C(O)O)CC4(O)CCC3(CC(C3COC(=O)C3c3cc[nH]c3)C#CCC3CC5(O)C6=C7NCC(=O)CC(c8ccc(O)cc8)CSSCC8C(O)C(O)CC(C)(C6CCC5(CCN=C(N)N)C3C4(C)O)C8C7=O)C2C1. The van der Waals surface area contributed by atoms with Gasteiger partial charge in [0.1, 0.15) is 5.75 Å². The van der Waals surface area contributed by atoms with Crippen LogP contribution in [0, 0.1) is 93.2 Å². The molecule has 5 saturated carbocycles. The molecule has 2 aromatic rings. The molecule has 456 valence electrons. The van der Waals surface area contributed by atoms with Crippen LogP contribution >= 0.6 is 21.6 Å². The molecule has 21 unspecified atom stereocenters. The largest absolute Gasteiger partial charge is 0.508 e. The van der Waals surface area contributed by atoms with Crippen molar-refractivity contribution in [1.29, 1.82) is 0 Å². The van der Waals surface area contributed by atoms with Crippen LogP contribution in [0.1, 0.15) is 140 Å². The number of carbonyl (C=O) groups is 3. The first-order valence-electron chi connectivity index (χ1n) is 31.0. The molecule has 17 nitrogen and oxygen atoms in total. The van der Waals surface area contributed by atoms with Crippen molar-refractivity contribution < 1.29 is 60.0 Å². The summed E-state index contributed by atoms with van der Waals surface area (Å²) in [7, 11) is 3.03. The van der Waals surface area contributed by atoms with E-state index in [1.165, 1.54) is 16.4 Å². The number of fused-ring (bicyclic) bond motifs is 10. The second kappa shape index (κ2) is 22.3. The van der Waals surface area contributed by atoms with Crippen LogP contribution in [0.3, 0.4) is 0 Å². The number of phenols is 1. The van der Waals surface area contributed by atoms with E-state index in [-0.39, 0.29) is 130 Å². The van der Waals surface area contributed by atoms with Gasteiger partial charge in [0.15, 0.2) is 23.8 Å². The molecule has 1 spiro atoms. The van der Waals surface area contributed by atoms with Crippen molar-refractivity contribution >= 4 is 45.1 Å². The normalized spacial score (nSPS) is 44.9. The monoisotopic (exact) mass is 1190 g/mol. The number of aliphatic hydroxyl groups excluding tert-OH is 3. The van der Waals surface area contributed by atoms with Crippen LogP contribution < -0.4 is 16.8 Å². The first-order chi connectivity index (χ1) is 40.0. The van der Waals surface area contributed by atoms with Crippen LogP contribution in [0.4, 0.5) is 0 Å². The molecule has 7 fully saturated rings. The average molecular weight is 1190 g/mol. The van der Waals surface area contributed by atoms with Gasteiger partial charge in [0.25, 0.3) is 0 Å². The number of carbonyl (C=O) groups excluding carboxylic acids is 3. The van der Waals surface area contributed by atoms with Crippen molar-refractivity contribution in [1.82, 2.24) is 10.3 Å². The number of nitrogens with two attached hydrogens (primary N) is 2. The van der Waals surface area contributed by atoms with Crippen LogP contribution in [-0.2, 0) is 19.1 Å². The Morgan fingerprint density at radius 2 is 1.70 bits per heavy atom. The summed E-state index contributed by atoms with van der Waals surface area (Å²) >= 11 is 0. The number of nitrogens with zero attached hydrogens (tertiary/aromatic N) is 1. The molecule has 12 rings (SSSR count). The maximum atomic E-state index is 16.1. The fraction of sp³-hybridized carbons (Fsp3) is 0.692. The Labute approximate surface area is 500 Å². The quantitative estimate of drug-likeness (QED) is 0.0301. The summed E-state index contributed by atoms with van der Waals surface area (Å²) in [4.78, 5) is 52.4. The number of ether oxygens (including phenoxy) is 1. The molecule has 19 heteroatoms. The van der Waals surface area contributed by atoms with Crippen molar-refractivity contribution in [3.8, 4) is 17.6 Å². The second-order valence-electron chi connectivity index (χ2n) is 28.1. The van der Waals surface area contributed by atoms with Crippen molar-refractivity contribution in [2.45, 2.75) is 164 Å². The average Bonchev–Trinajstić information content (AvgIpc) is 1.49. The van der Waals surface area contributed by atoms with E-state index in [2.05, 4.69) is 40.1 Å². The fourth-order valence-electron chi connectivity index (χ4n) is 20.3. The number of guanidine groups is 1. The highest BCUT2D eigenvalue weighted by Gasteiger charge is 2.76. The number of aromatic amines is 1. The number of cyclic esters (lactones) is 1. The molecule has 1 aromatic carbocycles. The number of nitrogens with one attached hydrogen (secondary N) is 2. The molecular formula is C65H87N5O12S2. The lowest BCUT2D eigenvalue weighted by molar-refractivity contribution is -0.235. The van der Waals surface area contributed by atoms with E-state index in [0.29, 0.717) is 48.7 Å². The Morgan fingerprint density at radius 1 is 0.929 bits per heavy atom. The van der Waals surface area contributed by atoms with Gasteiger partial charge in [-0.25, -0.2) is 0 Å². The molecule has 0 radical (unpaired) electrons. The van der Waals surface area contributed by atoms with Gasteiger partial charge in [-0.2, -0.15) is 0 Å². The zero-order chi connectivity index (χ0) is 59.5. The summed E-state index contributed by atoms with van der Waals surface area (Å²) in [6.45, 7) is 5.78. The van der Waals surface area contributed by atoms with Crippen molar-refractivity contribution in [3.63, 3.8) is 0 Å². The van der Waals surface area contributed by atoms with Gasteiger partial charge in [0.05, 0.1) is 53.8 Å². The molecule has 10 aliphatic rings. The summed E-state index contributed by atoms with van der Waals surface area (Å²) < 4.78 is 5.99. The zero-order valence-corrected chi connectivity index (χ0v) is 50.3. The third-order valence-electron chi connectivity index (χ3n) is 24.1. The van der Waals surface area contributed by atoms with E-state index in [9.17, 15) is 50.4 Å². The first kappa shape index (κ1) is 59.9. The molecule has 1 aromatic heterocycles.